The lowest BCUT2D eigenvalue weighted by Crippen LogP contribution is -1.95. The third-order valence-corrected chi connectivity index (χ3v) is 2.24. The minimum atomic E-state index is 0.241. The van der Waals surface area contributed by atoms with Crippen molar-refractivity contribution < 1.29 is 5.11 Å². The summed E-state index contributed by atoms with van der Waals surface area (Å²) in [5.41, 5.74) is 2.23. The highest BCUT2D eigenvalue weighted by atomic mass is 16.2. The number of benzene rings is 1. The van der Waals surface area contributed by atoms with Gasteiger partial charge >= 0.3 is 0 Å². The molecule has 1 aromatic heterocycles. The van der Waals surface area contributed by atoms with Crippen LogP contribution in [0.15, 0.2) is 36.9 Å². The molecule has 78 valence electrons. The van der Waals surface area contributed by atoms with Crippen molar-refractivity contribution in [1.82, 2.24) is 14.8 Å². The topological polar surface area (TPSA) is 50.9 Å². The Labute approximate surface area is 88.2 Å². The van der Waals surface area contributed by atoms with E-state index >= 15 is 0 Å². The Hall–Kier alpha value is -1.68. The van der Waals surface area contributed by atoms with Gasteiger partial charge in [-0.05, 0) is 30.5 Å². The molecule has 0 fully saturated rings. The van der Waals surface area contributed by atoms with E-state index in [-0.39, 0.29) is 6.61 Å². The summed E-state index contributed by atoms with van der Waals surface area (Å²) in [4.78, 5) is 3.89. The highest BCUT2D eigenvalue weighted by Crippen LogP contribution is 2.09. The zero-order chi connectivity index (χ0) is 10.5. The van der Waals surface area contributed by atoms with Crippen LogP contribution in [0, 0.1) is 0 Å². The van der Waals surface area contributed by atoms with E-state index in [1.807, 2.05) is 24.3 Å². The smallest absolute Gasteiger partial charge is 0.138 e. The molecule has 0 unspecified atom stereocenters. The molecular formula is C11H13N3O. The fourth-order valence-corrected chi connectivity index (χ4v) is 1.44. The van der Waals surface area contributed by atoms with Gasteiger partial charge in [0.15, 0.2) is 0 Å². The summed E-state index contributed by atoms with van der Waals surface area (Å²) in [5, 5.41) is 12.8. The summed E-state index contributed by atoms with van der Waals surface area (Å²) in [6, 6.07) is 8.10. The van der Waals surface area contributed by atoms with E-state index in [4.69, 9.17) is 5.11 Å². The predicted octanol–water partition coefficient (Wildman–Crippen LogP) is 1.19. The molecule has 1 heterocycles. The molecule has 0 amide bonds. The van der Waals surface area contributed by atoms with Gasteiger partial charge in [-0.15, -0.1) is 0 Å². The van der Waals surface area contributed by atoms with Gasteiger partial charge < -0.3 is 5.11 Å². The molecule has 2 aromatic rings. The Bertz CT molecular complexity index is 394. The van der Waals surface area contributed by atoms with E-state index in [1.54, 1.807) is 11.0 Å². The number of hydrogen-bond donors (Lipinski definition) is 1. The van der Waals surface area contributed by atoms with Crippen molar-refractivity contribution in [1.29, 1.82) is 0 Å². The highest BCUT2D eigenvalue weighted by molar-refractivity contribution is 5.33. The van der Waals surface area contributed by atoms with Crippen LogP contribution in [-0.2, 0) is 6.42 Å². The normalized spacial score (nSPS) is 10.5. The summed E-state index contributed by atoms with van der Waals surface area (Å²) in [6.45, 7) is 0.241. The van der Waals surface area contributed by atoms with Gasteiger partial charge in [0.2, 0.25) is 0 Å². The maximum atomic E-state index is 8.71. The number of rotatable bonds is 4. The maximum Gasteiger partial charge on any atom is 0.138 e. The van der Waals surface area contributed by atoms with Crippen molar-refractivity contribution in [2.75, 3.05) is 6.61 Å². The van der Waals surface area contributed by atoms with E-state index < -0.39 is 0 Å². The molecule has 0 saturated carbocycles. The van der Waals surface area contributed by atoms with Crippen LogP contribution in [0.25, 0.3) is 5.69 Å². The molecule has 0 spiro atoms. The molecule has 0 atom stereocenters. The average Bonchev–Trinajstić information content (AvgIpc) is 2.80. The van der Waals surface area contributed by atoms with Crippen LogP contribution >= 0.6 is 0 Å². The van der Waals surface area contributed by atoms with Crippen LogP contribution in [0.4, 0.5) is 0 Å². The summed E-state index contributed by atoms with van der Waals surface area (Å²) >= 11 is 0. The largest absolute Gasteiger partial charge is 0.396 e. The number of hydrogen-bond acceptors (Lipinski definition) is 3. The second-order valence-corrected chi connectivity index (χ2v) is 3.33. The molecule has 1 N–H and O–H groups in total. The molecule has 4 nitrogen and oxygen atoms in total. The number of aromatic nitrogens is 3. The van der Waals surface area contributed by atoms with Gasteiger partial charge in [0, 0.05) is 6.61 Å². The minimum absolute atomic E-state index is 0.241. The molecule has 1 aromatic carbocycles. The Morgan fingerprint density at radius 2 is 2.00 bits per heavy atom. The summed E-state index contributed by atoms with van der Waals surface area (Å²) in [7, 11) is 0. The van der Waals surface area contributed by atoms with Crippen molar-refractivity contribution in [2.45, 2.75) is 12.8 Å². The van der Waals surface area contributed by atoms with Gasteiger partial charge in [0.1, 0.15) is 12.7 Å². The molecule has 15 heavy (non-hydrogen) atoms. The maximum absolute atomic E-state index is 8.71. The van der Waals surface area contributed by atoms with Gasteiger partial charge in [-0.3, -0.25) is 0 Å². The van der Waals surface area contributed by atoms with E-state index in [9.17, 15) is 0 Å². The summed E-state index contributed by atoms with van der Waals surface area (Å²) < 4.78 is 1.72. The fourth-order valence-electron chi connectivity index (χ4n) is 1.44. The Morgan fingerprint density at radius 1 is 1.20 bits per heavy atom. The summed E-state index contributed by atoms with van der Waals surface area (Å²) in [5.74, 6) is 0. The third kappa shape index (κ3) is 2.41. The standard InChI is InChI=1S/C11H13N3O/c15-7-1-2-10-3-5-11(6-4-10)14-9-12-8-13-14/h3-6,8-9,15H,1-2,7H2. The van der Waals surface area contributed by atoms with Crippen LogP contribution in [0.2, 0.25) is 0 Å². The summed E-state index contributed by atoms with van der Waals surface area (Å²) in [6.07, 6.45) is 4.90. The van der Waals surface area contributed by atoms with E-state index in [1.165, 1.54) is 11.9 Å². The van der Waals surface area contributed by atoms with Gasteiger partial charge in [-0.1, -0.05) is 12.1 Å². The first-order valence-corrected chi connectivity index (χ1v) is 4.95. The van der Waals surface area contributed by atoms with Crippen molar-refractivity contribution in [3.63, 3.8) is 0 Å². The van der Waals surface area contributed by atoms with Crippen molar-refractivity contribution in [3.05, 3.63) is 42.5 Å². The van der Waals surface area contributed by atoms with Crippen LogP contribution in [0.3, 0.4) is 0 Å². The van der Waals surface area contributed by atoms with Crippen molar-refractivity contribution >= 4 is 0 Å². The molecule has 0 radical (unpaired) electrons. The highest BCUT2D eigenvalue weighted by Gasteiger charge is 1.97. The van der Waals surface area contributed by atoms with Gasteiger partial charge in [0.05, 0.1) is 5.69 Å². The first-order valence-electron chi connectivity index (χ1n) is 4.95. The predicted molar refractivity (Wildman–Crippen MR) is 56.8 cm³/mol. The van der Waals surface area contributed by atoms with E-state index in [0.717, 1.165) is 18.5 Å². The first kappa shape index (κ1) is 9.86. The van der Waals surface area contributed by atoms with E-state index in [0.29, 0.717) is 0 Å². The monoisotopic (exact) mass is 203 g/mol. The minimum Gasteiger partial charge on any atom is -0.396 e. The van der Waals surface area contributed by atoms with Crippen LogP contribution in [-0.4, -0.2) is 26.5 Å². The molecule has 2 rings (SSSR count). The van der Waals surface area contributed by atoms with Crippen molar-refractivity contribution in [2.24, 2.45) is 0 Å². The number of aliphatic hydroxyl groups excluding tert-OH is 1. The lowest BCUT2D eigenvalue weighted by atomic mass is 10.1. The van der Waals surface area contributed by atoms with E-state index in [2.05, 4.69) is 10.1 Å². The molecule has 0 aliphatic carbocycles. The molecular weight excluding hydrogens is 190 g/mol. The molecule has 0 bridgehead atoms. The SMILES string of the molecule is OCCCc1ccc(-n2cncn2)cc1. The lowest BCUT2D eigenvalue weighted by molar-refractivity contribution is 0.288. The molecule has 4 heteroatoms. The van der Waals surface area contributed by atoms with Crippen LogP contribution in [0.5, 0.6) is 0 Å². The quantitative estimate of drug-likeness (QED) is 0.812. The second kappa shape index (κ2) is 4.70. The number of nitrogens with zero attached hydrogens (tertiary/aromatic N) is 3. The Kier molecular flexibility index (Phi) is 3.09. The van der Waals surface area contributed by atoms with Gasteiger partial charge in [0.25, 0.3) is 0 Å². The van der Waals surface area contributed by atoms with Crippen LogP contribution < -0.4 is 0 Å². The Morgan fingerprint density at radius 3 is 2.60 bits per heavy atom. The molecule has 0 aliphatic heterocycles. The first-order chi connectivity index (χ1) is 7.40. The number of aliphatic hydroxyl groups is 1. The van der Waals surface area contributed by atoms with Gasteiger partial charge in [-0.25, -0.2) is 9.67 Å². The van der Waals surface area contributed by atoms with Crippen molar-refractivity contribution in [3.8, 4) is 5.69 Å². The lowest BCUT2D eigenvalue weighted by Gasteiger charge is -2.02. The third-order valence-electron chi connectivity index (χ3n) is 2.24. The molecule has 0 saturated heterocycles. The average molecular weight is 203 g/mol. The fraction of sp³-hybridized carbons (Fsp3) is 0.273. The zero-order valence-electron chi connectivity index (χ0n) is 8.37. The zero-order valence-corrected chi connectivity index (χ0v) is 8.37. The van der Waals surface area contributed by atoms with Gasteiger partial charge in [-0.2, -0.15) is 5.10 Å². The number of aryl methyl sites for hydroxylation is 1. The second-order valence-electron chi connectivity index (χ2n) is 3.33. The van der Waals surface area contributed by atoms with Crippen LogP contribution in [0.1, 0.15) is 12.0 Å². The Balaban J connectivity index is 2.11. The molecule has 0 aliphatic rings.